The number of hydrogen-bond donors (Lipinski definition) is 0. The van der Waals surface area contributed by atoms with E-state index in [2.05, 4.69) is 31.9 Å². The highest BCUT2D eigenvalue weighted by Crippen LogP contribution is 2.46. The van der Waals surface area contributed by atoms with Crippen molar-refractivity contribution in [3.63, 3.8) is 0 Å². The fourth-order valence-corrected chi connectivity index (χ4v) is 4.86. The van der Waals surface area contributed by atoms with Gasteiger partial charge in [0, 0.05) is 22.0 Å². The number of halogens is 2. The lowest BCUT2D eigenvalue weighted by molar-refractivity contribution is 0.0586. The van der Waals surface area contributed by atoms with E-state index >= 15 is 0 Å². The lowest BCUT2D eigenvalue weighted by atomic mass is 9.77. The van der Waals surface area contributed by atoms with E-state index < -0.39 is 0 Å². The molecule has 2 aliphatic rings. The number of rotatable bonds is 1. The van der Waals surface area contributed by atoms with Crippen LogP contribution >= 0.6 is 31.9 Å². The molecule has 1 aromatic carbocycles. The number of benzene rings is 1. The predicted molar refractivity (Wildman–Crippen MR) is 87.9 cm³/mol. The number of carbonyl (C=O) groups excluding carboxylic acids is 1. The summed E-state index contributed by atoms with van der Waals surface area (Å²) in [5.74, 6) is 0.164. The second kappa shape index (κ2) is 5.80. The molecule has 3 rings (SSSR count). The van der Waals surface area contributed by atoms with Gasteiger partial charge in [-0.2, -0.15) is 0 Å². The van der Waals surface area contributed by atoms with Crippen LogP contribution in [-0.4, -0.2) is 23.9 Å². The van der Waals surface area contributed by atoms with Gasteiger partial charge in [0.25, 0.3) is 5.91 Å². The second-order valence-electron chi connectivity index (χ2n) is 6.12. The minimum atomic E-state index is 0.164. The Balaban J connectivity index is 1.69. The Hall–Kier alpha value is -0.350. The summed E-state index contributed by atoms with van der Waals surface area (Å²) in [7, 11) is 0. The summed E-state index contributed by atoms with van der Waals surface area (Å²) in [6.45, 7) is 1.84. The Morgan fingerprint density at radius 2 is 1.70 bits per heavy atom. The highest BCUT2D eigenvalue weighted by Gasteiger charge is 2.38. The van der Waals surface area contributed by atoms with Crippen LogP contribution < -0.4 is 0 Å². The molecule has 1 aliphatic carbocycles. The van der Waals surface area contributed by atoms with Gasteiger partial charge in [0.15, 0.2) is 0 Å². The molecule has 1 aliphatic heterocycles. The standard InChI is InChI=1S/C16H19Br2NO/c17-12-3-4-13(14(18)11-12)15(20)19-9-7-16(8-10-19)5-1-2-6-16/h3-4,11H,1-2,5-10H2. The van der Waals surface area contributed by atoms with Gasteiger partial charge in [-0.1, -0.05) is 28.8 Å². The Labute approximate surface area is 137 Å². The monoisotopic (exact) mass is 399 g/mol. The Morgan fingerprint density at radius 1 is 1.05 bits per heavy atom. The summed E-state index contributed by atoms with van der Waals surface area (Å²) in [5.41, 5.74) is 1.34. The van der Waals surface area contributed by atoms with E-state index in [1.165, 1.54) is 38.5 Å². The maximum Gasteiger partial charge on any atom is 0.254 e. The van der Waals surface area contributed by atoms with Crippen LogP contribution in [0.25, 0.3) is 0 Å². The number of likely N-dealkylation sites (tertiary alicyclic amines) is 1. The molecule has 1 heterocycles. The van der Waals surface area contributed by atoms with E-state index in [-0.39, 0.29) is 5.91 Å². The van der Waals surface area contributed by atoms with Gasteiger partial charge in [-0.25, -0.2) is 0 Å². The van der Waals surface area contributed by atoms with E-state index in [4.69, 9.17) is 0 Å². The first-order valence-electron chi connectivity index (χ1n) is 7.34. The highest BCUT2D eigenvalue weighted by molar-refractivity contribution is 9.11. The third-order valence-electron chi connectivity index (χ3n) is 4.94. The van der Waals surface area contributed by atoms with E-state index in [1.54, 1.807) is 0 Å². The third kappa shape index (κ3) is 2.82. The molecule has 1 aromatic rings. The quantitative estimate of drug-likeness (QED) is 0.648. The molecule has 1 saturated heterocycles. The van der Waals surface area contributed by atoms with E-state index in [1.807, 2.05) is 23.1 Å². The van der Waals surface area contributed by atoms with Crippen molar-refractivity contribution >= 4 is 37.8 Å². The number of amides is 1. The lowest BCUT2D eigenvalue weighted by Crippen LogP contribution is -2.42. The van der Waals surface area contributed by atoms with Crippen LogP contribution in [0.4, 0.5) is 0 Å². The molecule has 1 amide bonds. The van der Waals surface area contributed by atoms with Gasteiger partial charge in [0.1, 0.15) is 0 Å². The van der Waals surface area contributed by atoms with Crippen molar-refractivity contribution in [1.29, 1.82) is 0 Å². The van der Waals surface area contributed by atoms with Crippen LogP contribution in [0.5, 0.6) is 0 Å². The molecule has 0 atom stereocenters. The van der Waals surface area contributed by atoms with Gasteiger partial charge in [-0.3, -0.25) is 4.79 Å². The fourth-order valence-electron chi connectivity index (χ4n) is 3.64. The molecular weight excluding hydrogens is 382 g/mol. The Morgan fingerprint density at radius 3 is 2.30 bits per heavy atom. The number of piperidine rings is 1. The first-order valence-corrected chi connectivity index (χ1v) is 8.93. The SMILES string of the molecule is O=C(c1ccc(Br)cc1Br)N1CCC2(CCCC2)CC1. The maximum absolute atomic E-state index is 12.6. The van der Waals surface area contributed by atoms with Crippen molar-refractivity contribution in [2.75, 3.05) is 13.1 Å². The minimum Gasteiger partial charge on any atom is -0.339 e. The molecule has 1 saturated carbocycles. The van der Waals surface area contributed by atoms with Crippen molar-refractivity contribution < 1.29 is 4.79 Å². The van der Waals surface area contributed by atoms with Crippen molar-refractivity contribution in [2.45, 2.75) is 38.5 Å². The summed E-state index contributed by atoms with van der Waals surface area (Å²) in [6.07, 6.45) is 7.88. The van der Waals surface area contributed by atoms with E-state index in [9.17, 15) is 4.79 Å². The molecule has 0 bridgehead atoms. The van der Waals surface area contributed by atoms with Crippen LogP contribution in [0.2, 0.25) is 0 Å². The normalized spacial score (nSPS) is 21.4. The first-order chi connectivity index (χ1) is 9.60. The van der Waals surface area contributed by atoms with Crippen LogP contribution in [0, 0.1) is 5.41 Å². The highest BCUT2D eigenvalue weighted by atomic mass is 79.9. The number of carbonyl (C=O) groups is 1. The van der Waals surface area contributed by atoms with Crippen LogP contribution in [0.1, 0.15) is 48.9 Å². The second-order valence-corrected chi connectivity index (χ2v) is 7.89. The van der Waals surface area contributed by atoms with Gasteiger partial charge < -0.3 is 4.90 Å². The van der Waals surface area contributed by atoms with Crippen LogP contribution in [-0.2, 0) is 0 Å². The molecule has 0 unspecified atom stereocenters. The average Bonchev–Trinajstić information content (AvgIpc) is 2.87. The molecule has 0 radical (unpaired) electrons. The number of nitrogens with zero attached hydrogens (tertiary/aromatic N) is 1. The zero-order chi connectivity index (χ0) is 14.2. The molecule has 2 nitrogen and oxygen atoms in total. The average molecular weight is 401 g/mol. The fraction of sp³-hybridized carbons (Fsp3) is 0.562. The lowest BCUT2D eigenvalue weighted by Gasteiger charge is -2.39. The third-order valence-corrected chi connectivity index (χ3v) is 6.09. The predicted octanol–water partition coefficient (Wildman–Crippen LogP) is 5.01. The minimum absolute atomic E-state index is 0.164. The first kappa shape index (κ1) is 14.6. The molecule has 4 heteroatoms. The van der Waals surface area contributed by atoms with Crippen LogP contribution in [0.3, 0.4) is 0 Å². The molecule has 1 spiro atoms. The molecule has 20 heavy (non-hydrogen) atoms. The van der Waals surface area contributed by atoms with Crippen LogP contribution in [0.15, 0.2) is 27.1 Å². The maximum atomic E-state index is 12.6. The van der Waals surface area contributed by atoms with Gasteiger partial charge in [-0.05, 0) is 65.2 Å². The Bertz CT molecular complexity index is 513. The van der Waals surface area contributed by atoms with Gasteiger partial charge in [-0.15, -0.1) is 0 Å². The summed E-state index contributed by atoms with van der Waals surface area (Å²) in [6, 6.07) is 5.77. The van der Waals surface area contributed by atoms with Crippen molar-refractivity contribution in [2.24, 2.45) is 5.41 Å². The Kier molecular flexibility index (Phi) is 4.23. The van der Waals surface area contributed by atoms with Crippen molar-refractivity contribution in [3.8, 4) is 0 Å². The summed E-state index contributed by atoms with van der Waals surface area (Å²) in [5, 5.41) is 0. The van der Waals surface area contributed by atoms with Crippen molar-refractivity contribution in [1.82, 2.24) is 4.90 Å². The molecule has 108 valence electrons. The summed E-state index contributed by atoms with van der Waals surface area (Å²) < 4.78 is 1.86. The van der Waals surface area contributed by atoms with E-state index in [0.717, 1.165) is 27.6 Å². The zero-order valence-electron chi connectivity index (χ0n) is 11.5. The number of hydrogen-bond acceptors (Lipinski definition) is 1. The molecule has 0 N–H and O–H groups in total. The van der Waals surface area contributed by atoms with E-state index in [0.29, 0.717) is 5.41 Å². The summed E-state index contributed by atoms with van der Waals surface area (Å²) >= 11 is 6.92. The van der Waals surface area contributed by atoms with Gasteiger partial charge >= 0.3 is 0 Å². The molecule has 0 aromatic heterocycles. The topological polar surface area (TPSA) is 20.3 Å². The zero-order valence-corrected chi connectivity index (χ0v) is 14.7. The van der Waals surface area contributed by atoms with Crippen molar-refractivity contribution in [3.05, 3.63) is 32.7 Å². The smallest absolute Gasteiger partial charge is 0.254 e. The largest absolute Gasteiger partial charge is 0.339 e. The molecule has 2 fully saturated rings. The molecular formula is C16H19Br2NO. The van der Waals surface area contributed by atoms with Gasteiger partial charge in [0.05, 0.1) is 5.56 Å². The summed E-state index contributed by atoms with van der Waals surface area (Å²) in [4.78, 5) is 14.6. The van der Waals surface area contributed by atoms with Gasteiger partial charge in [0.2, 0.25) is 0 Å².